The van der Waals surface area contributed by atoms with E-state index in [1.807, 2.05) is 0 Å². The molecule has 2 nitrogen and oxygen atoms in total. The fourth-order valence-electron chi connectivity index (χ4n) is 2.23. The molecule has 3 unspecified atom stereocenters. The van der Waals surface area contributed by atoms with Crippen molar-refractivity contribution < 1.29 is 0 Å². The molecule has 0 saturated heterocycles. The zero-order chi connectivity index (χ0) is 12.5. The van der Waals surface area contributed by atoms with Crippen molar-refractivity contribution in [2.24, 2.45) is 0 Å². The molecular formula is C14H15BrN2S. The Kier molecular flexibility index (Phi) is 3.48. The van der Waals surface area contributed by atoms with Gasteiger partial charge in [-0.2, -0.15) is 0 Å². The van der Waals surface area contributed by atoms with E-state index in [0.717, 1.165) is 11.4 Å². The molecular weight excluding hydrogens is 308 g/mol. The number of hydrogen-bond acceptors (Lipinski definition) is 3. The van der Waals surface area contributed by atoms with Crippen LogP contribution >= 0.6 is 27.3 Å². The first-order valence-corrected chi connectivity index (χ1v) is 8.05. The van der Waals surface area contributed by atoms with Crippen LogP contribution in [0.2, 0.25) is 0 Å². The Labute approximate surface area is 120 Å². The van der Waals surface area contributed by atoms with Gasteiger partial charge in [-0.1, -0.05) is 53.2 Å². The third kappa shape index (κ3) is 2.36. The maximum Gasteiger partial charge on any atom is 0.131 e. The van der Waals surface area contributed by atoms with Crippen molar-refractivity contribution >= 4 is 27.3 Å². The fourth-order valence-corrected chi connectivity index (χ4v) is 3.69. The van der Waals surface area contributed by atoms with Crippen molar-refractivity contribution in [2.75, 3.05) is 0 Å². The minimum absolute atomic E-state index is 0.359. The minimum Gasteiger partial charge on any atom is -0.143 e. The molecule has 0 radical (unpaired) electrons. The molecule has 2 aromatic rings. The SMILES string of the molecule is CCC(Br)c1nnc(C2CC2c2ccccc2)s1. The molecule has 18 heavy (non-hydrogen) atoms. The van der Waals surface area contributed by atoms with Crippen LogP contribution in [0.25, 0.3) is 0 Å². The second-order valence-corrected chi connectivity index (χ2v) is 6.86. The maximum absolute atomic E-state index is 4.36. The van der Waals surface area contributed by atoms with Crippen molar-refractivity contribution in [2.45, 2.75) is 36.4 Å². The van der Waals surface area contributed by atoms with Crippen LogP contribution in [0.4, 0.5) is 0 Å². The summed E-state index contributed by atoms with van der Waals surface area (Å²) in [6.07, 6.45) is 2.28. The van der Waals surface area contributed by atoms with Crippen molar-refractivity contribution in [1.29, 1.82) is 0 Å². The van der Waals surface area contributed by atoms with Gasteiger partial charge in [0.05, 0.1) is 4.83 Å². The van der Waals surface area contributed by atoms with Gasteiger partial charge in [-0.05, 0) is 24.3 Å². The lowest BCUT2D eigenvalue weighted by molar-refractivity contribution is 0.855. The number of aromatic nitrogens is 2. The number of benzene rings is 1. The predicted molar refractivity (Wildman–Crippen MR) is 78.4 cm³/mol. The Morgan fingerprint density at radius 3 is 2.78 bits per heavy atom. The number of nitrogens with zero attached hydrogens (tertiary/aromatic N) is 2. The van der Waals surface area contributed by atoms with Crippen LogP contribution in [0.3, 0.4) is 0 Å². The number of hydrogen-bond donors (Lipinski definition) is 0. The fraction of sp³-hybridized carbons (Fsp3) is 0.429. The molecule has 1 aromatic carbocycles. The Morgan fingerprint density at radius 2 is 2.06 bits per heavy atom. The lowest BCUT2D eigenvalue weighted by Gasteiger charge is -1.98. The normalized spacial score (nSPS) is 23.9. The Bertz CT molecular complexity index is 526. The van der Waals surface area contributed by atoms with E-state index in [-0.39, 0.29) is 0 Å². The van der Waals surface area contributed by atoms with Gasteiger partial charge in [0, 0.05) is 5.92 Å². The first-order valence-electron chi connectivity index (χ1n) is 6.32. The topological polar surface area (TPSA) is 25.8 Å². The summed E-state index contributed by atoms with van der Waals surface area (Å²) in [4.78, 5) is 0.359. The summed E-state index contributed by atoms with van der Waals surface area (Å²) < 4.78 is 0. The second-order valence-electron chi connectivity index (χ2n) is 4.71. The van der Waals surface area contributed by atoms with Crippen LogP contribution in [0.1, 0.15) is 52.0 Å². The van der Waals surface area contributed by atoms with Gasteiger partial charge in [-0.25, -0.2) is 0 Å². The summed E-state index contributed by atoms with van der Waals surface area (Å²) in [7, 11) is 0. The summed E-state index contributed by atoms with van der Waals surface area (Å²) in [6.45, 7) is 2.16. The van der Waals surface area contributed by atoms with E-state index >= 15 is 0 Å². The van der Waals surface area contributed by atoms with Crippen molar-refractivity contribution in [3.05, 3.63) is 45.9 Å². The average molecular weight is 323 g/mol. The quantitative estimate of drug-likeness (QED) is 0.765. The molecule has 0 N–H and O–H groups in total. The van der Waals surface area contributed by atoms with Gasteiger partial charge in [0.15, 0.2) is 0 Å². The summed E-state index contributed by atoms with van der Waals surface area (Å²) in [5, 5.41) is 11.0. The minimum atomic E-state index is 0.359. The van der Waals surface area contributed by atoms with Crippen LogP contribution in [-0.4, -0.2) is 10.2 Å². The lowest BCUT2D eigenvalue weighted by atomic mass is 10.1. The molecule has 4 heteroatoms. The van der Waals surface area contributed by atoms with Gasteiger partial charge in [-0.3, -0.25) is 0 Å². The van der Waals surface area contributed by atoms with Crippen molar-refractivity contribution in [3.63, 3.8) is 0 Å². The second kappa shape index (κ2) is 5.10. The monoisotopic (exact) mass is 322 g/mol. The number of alkyl halides is 1. The van der Waals surface area contributed by atoms with Gasteiger partial charge in [0.2, 0.25) is 0 Å². The smallest absolute Gasteiger partial charge is 0.131 e. The first-order chi connectivity index (χ1) is 8.79. The molecule has 94 valence electrons. The van der Waals surface area contributed by atoms with E-state index < -0.39 is 0 Å². The summed E-state index contributed by atoms with van der Waals surface area (Å²) in [5.74, 6) is 1.25. The Balaban J connectivity index is 1.73. The summed E-state index contributed by atoms with van der Waals surface area (Å²) in [5.41, 5.74) is 1.44. The standard InChI is InChI=1S/C14H15BrN2S/c1-2-12(15)14-17-16-13(18-14)11-8-10(11)9-6-4-3-5-7-9/h3-7,10-12H,2,8H2,1H3. The highest BCUT2D eigenvalue weighted by Crippen LogP contribution is 2.55. The van der Waals surface area contributed by atoms with E-state index in [1.165, 1.54) is 17.0 Å². The molecule has 1 saturated carbocycles. The van der Waals surface area contributed by atoms with Crippen molar-refractivity contribution in [3.8, 4) is 0 Å². The molecule has 1 aliphatic carbocycles. The zero-order valence-electron chi connectivity index (χ0n) is 10.2. The highest BCUT2D eigenvalue weighted by Gasteiger charge is 2.42. The van der Waals surface area contributed by atoms with Crippen LogP contribution in [0.5, 0.6) is 0 Å². The van der Waals surface area contributed by atoms with Gasteiger partial charge < -0.3 is 0 Å². The third-order valence-electron chi connectivity index (χ3n) is 3.42. The number of halogens is 1. The van der Waals surface area contributed by atoms with E-state index in [4.69, 9.17) is 0 Å². The van der Waals surface area contributed by atoms with Crippen LogP contribution in [0, 0.1) is 0 Å². The van der Waals surface area contributed by atoms with E-state index in [9.17, 15) is 0 Å². The Morgan fingerprint density at radius 1 is 1.28 bits per heavy atom. The van der Waals surface area contributed by atoms with Crippen LogP contribution in [-0.2, 0) is 0 Å². The molecule has 0 aliphatic heterocycles. The first kappa shape index (κ1) is 12.3. The summed E-state index contributed by atoms with van der Waals surface area (Å²) in [6, 6.07) is 10.7. The lowest BCUT2D eigenvalue weighted by Crippen LogP contribution is -1.85. The molecule has 1 aromatic heterocycles. The molecule has 3 atom stereocenters. The van der Waals surface area contributed by atoms with Gasteiger partial charge in [0.25, 0.3) is 0 Å². The van der Waals surface area contributed by atoms with Gasteiger partial charge >= 0.3 is 0 Å². The third-order valence-corrected chi connectivity index (χ3v) is 5.97. The van der Waals surface area contributed by atoms with E-state index in [1.54, 1.807) is 11.3 Å². The highest BCUT2D eigenvalue weighted by atomic mass is 79.9. The molecule has 1 fully saturated rings. The molecule has 1 heterocycles. The molecule has 0 bridgehead atoms. The molecule has 1 aliphatic rings. The summed E-state index contributed by atoms with van der Waals surface area (Å²) >= 11 is 5.40. The molecule has 0 spiro atoms. The van der Waals surface area contributed by atoms with E-state index in [0.29, 0.717) is 16.7 Å². The van der Waals surface area contributed by atoms with Crippen LogP contribution < -0.4 is 0 Å². The molecule has 0 amide bonds. The zero-order valence-corrected chi connectivity index (χ0v) is 12.6. The van der Waals surface area contributed by atoms with Crippen LogP contribution in [0.15, 0.2) is 30.3 Å². The average Bonchev–Trinajstić information content (AvgIpc) is 3.08. The number of rotatable bonds is 4. The predicted octanol–water partition coefficient (Wildman–Crippen LogP) is 4.66. The van der Waals surface area contributed by atoms with Crippen molar-refractivity contribution in [1.82, 2.24) is 10.2 Å². The Hall–Kier alpha value is -0.740. The highest BCUT2D eigenvalue weighted by molar-refractivity contribution is 9.09. The molecule has 3 rings (SSSR count). The van der Waals surface area contributed by atoms with E-state index in [2.05, 4.69) is 63.4 Å². The van der Waals surface area contributed by atoms with Gasteiger partial charge in [0.1, 0.15) is 10.0 Å². The van der Waals surface area contributed by atoms with Gasteiger partial charge in [-0.15, -0.1) is 21.5 Å². The largest absolute Gasteiger partial charge is 0.143 e. The maximum atomic E-state index is 4.36.